The molecule has 1 aliphatic rings. The Morgan fingerprint density at radius 3 is 2.68 bits per heavy atom. The molecule has 3 nitrogen and oxygen atoms in total. The molecule has 0 spiro atoms. The lowest BCUT2D eigenvalue weighted by Crippen LogP contribution is -2.40. The summed E-state index contributed by atoms with van der Waals surface area (Å²) in [6.07, 6.45) is 5.34. The molecule has 0 aliphatic heterocycles. The van der Waals surface area contributed by atoms with Gasteiger partial charge in [-0.25, -0.2) is 0 Å². The minimum Gasteiger partial charge on any atom is -0.399 e. The van der Waals surface area contributed by atoms with E-state index in [-0.39, 0.29) is 17.4 Å². The van der Waals surface area contributed by atoms with E-state index >= 15 is 0 Å². The van der Waals surface area contributed by atoms with E-state index in [1.807, 2.05) is 31.2 Å². The summed E-state index contributed by atoms with van der Waals surface area (Å²) in [6, 6.07) is 7.74. The summed E-state index contributed by atoms with van der Waals surface area (Å²) in [5.41, 5.74) is 7.47. The summed E-state index contributed by atoms with van der Waals surface area (Å²) < 4.78 is 0. The van der Waals surface area contributed by atoms with Gasteiger partial charge in [0.15, 0.2) is 0 Å². The van der Waals surface area contributed by atoms with Crippen LogP contribution in [-0.2, 0) is 4.79 Å². The molecular formula is C16H24N2O. The molecule has 2 rings (SSSR count). The van der Waals surface area contributed by atoms with E-state index < -0.39 is 0 Å². The molecule has 104 valence electrons. The molecule has 1 fully saturated rings. The first-order valence-corrected chi connectivity index (χ1v) is 7.24. The topological polar surface area (TPSA) is 55.1 Å². The maximum atomic E-state index is 12.5. The molecular weight excluding hydrogens is 236 g/mol. The third-order valence-corrected chi connectivity index (χ3v) is 4.48. The molecule has 1 amide bonds. The smallest absolute Gasteiger partial charge is 0.226 e. The fourth-order valence-corrected chi connectivity index (χ4v) is 3.05. The zero-order valence-electron chi connectivity index (χ0n) is 11.9. The Morgan fingerprint density at radius 2 is 2.11 bits per heavy atom. The standard InChI is InChI=1S/C16H24N2O/c1-3-16(9-4-5-10-16)15(19)18-12(2)13-7-6-8-14(17)11-13/h6-8,11-12H,3-5,9-10,17H2,1-2H3,(H,18,19). The van der Waals surface area contributed by atoms with Crippen LogP contribution in [0, 0.1) is 5.41 Å². The second kappa shape index (κ2) is 5.64. The summed E-state index contributed by atoms with van der Waals surface area (Å²) >= 11 is 0. The maximum Gasteiger partial charge on any atom is 0.226 e. The fraction of sp³-hybridized carbons (Fsp3) is 0.562. The summed E-state index contributed by atoms with van der Waals surface area (Å²) in [7, 11) is 0. The number of benzene rings is 1. The lowest BCUT2D eigenvalue weighted by molar-refractivity contribution is -0.131. The molecule has 0 saturated heterocycles. The summed E-state index contributed by atoms with van der Waals surface area (Å²) in [5.74, 6) is 0.211. The monoisotopic (exact) mass is 260 g/mol. The molecule has 0 heterocycles. The SMILES string of the molecule is CCC1(C(=O)NC(C)c2cccc(N)c2)CCCC1. The van der Waals surface area contributed by atoms with E-state index in [1.165, 1.54) is 12.8 Å². The second-order valence-corrected chi connectivity index (χ2v) is 5.71. The van der Waals surface area contributed by atoms with Gasteiger partial charge in [-0.1, -0.05) is 31.9 Å². The van der Waals surface area contributed by atoms with Gasteiger partial charge in [0.2, 0.25) is 5.91 Å². The normalized spacial score (nSPS) is 19.1. The summed E-state index contributed by atoms with van der Waals surface area (Å²) in [5, 5.41) is 3.16. The predicted molar refractivity (Wildman–Crippen MR) is 78.6 cm³/mol. The number of rotatable bonds is 4. The van der Waals surface area contributed by atoms with Crippen LogP contribution < -0.4 is 11.1 Å². The number of anilines is 1. The Bertz CT molecular complexity index is 450. The van der Waals surface area contributed by atoms with Gasteiger partial charge >= 0.3 is 0 Å². The number of amides is 1. The molecule has 1 aromatic carbocycles. The Morgan fingerprint density at radius 1 is 1.42 bits per heavy atom. The molecule has 0 radical (unpaired) electrons. The van der Waals surface area contributed by atoms with Crippen LogP contribution in [-0.4, -0.2) is 5.91 Å². The molecule has 1 unspecified atom stereocenters. The van der Waals surface area contributed by atoms with E-state index in [0.717, 1.165) is 30.5 Å². The lowest BCUT2D eigenvalue weighted by atomic mass is 9.82. The van der Waals surface area contributed by atoms with Gasteiger partial charge in [-0.2, -0.15) is 0 Å². The minimum absolute atomic E-state index is 0.0139. The van der Waals surface area contributed by atoms with Gasteiger partial charge in [0.05, 0.1) is 6.04 Å². The minimum atomic E-state index is -0.130. The van der Waals surface area contributed by atoms with Crippen LogP contribution >= 0.6 is 0 Å². The average Bonchev–Trinajstić information content (AvgIpc) is 2.88. The van der Waals surface area contributed by atoms with Gasteiger partial charge in [0.25, 0.3) is 0 Å². The van der Waals surface area contributed by atoms with E-state index in [1.54, 1.807) is 0 Å². The molecule has 0 aromatic heterocycles. The van der Waals surface area contributed by atoms with Crippen molar-refractivity contribution >= 4 is 11.6 Å². The second-order valence-electron chi connectivity index (χ2n) is 5.71. The molecule has 0 bridgehead atoms. The zero-order chi connectivity index (χ0) is 13.9. The van der Waals surface area contributed by atoms with Crippen molar-refractivity contribution in [1.82, 2.24) is 5.32 Å². The van der Waals surface area contributed by atoms with Crippen molar-refractivity contribution in [2.75, 3.05) is 5.73 Å². The van der Waals surface area contributed by atoms with Gasteiger partial charge in [-0.3, -0.25) is 4.79 Å². The Hall–Kier alpha value is -1.51. The van der Waals surface area contributed by atoms with E-state index in [0.29, 0.717) is 0 Å². The number of carbonyl (C=O) groups is 1. The van der Waals surface area contributed by atoms with Gasteiger partial charge in [-0.15, -0.1) is 0 Å². The Balaban J connectivity index is 2.06. The molecule has 1 saturated carbocycles. The maximum absolute atomic E-state index is 12.5. The molecule has 1 atom stereocenters. The highest BCUT2D eigenvalue weighted by Gasteiger charge is 2.39. The van der Waals surface area contributed by atoms with Crippen LogP contribution in [0.4, 0.5) is 5.69 Å². The van der Waals surface area contributed by atoms with Crippen LogP contribution in [0.2, 0.25) is 0 Å². The highest BCUT2D eigenvalue weighted by atomic mass is 16.2. The number of hydrogen-bond donors (Lipinski definition) is 2. The number of nitrogens with two attached hydrogens (primary N) is 1. The van der Waals surface area contributed by atoms with E-state index in [2.05, 4.69) is 12.2 Å². The van der Waals surface area contributed by atoms with Gasteiger partial charge in [0.1, 0.15) is 0 Å². The van der Waals surface area contributed by atoms with Crippen molar-refractivity contribution in [1.29, 1.82) is 0 Å². The summed E-state index contributed by atoms with van der Waals surface area (Å²) in [4.78, 5) is 12.5. The highest BCUT2D eigenvalue weighted by Crippen LogP contribution is 2.41. The predicted octanol–water partition coefficient (Wildman–Crippen LogP) is 3.42. The molecule has 3 heteroatoms. The average molecular weight is 260 g/mol. The highest BCUT2D eigenvalue weighted by molar-refractivity contribution is 5.83. The van der Waals surface area contributed by atoms with E-state index in [9.17, 15) is 4.79 Å². The van der Waals surface area contributed by atoms with Gasteiger partial charge < -0.3 is 11.1 Å². The van der Waals surface area contributed by atoms with Crippen LogP contribution in [0.3, 0.4) is 0 Å². The van der Waals surface area contributed by atoms with Crippen LogP contribution in [0.25, 0.3) is 0 Å². The van der Waals surface area contributed by atoms with Crippen molar-refractivity contribution < 1.29 is 4.79 Å². The number of carbonyl (C=O) groups excluding carboxylic acids is 1. The molecule has 1 aromatic rings. The van der Waals surface area contributed by atoms with Gasteiger partial charge in [-0.05, 0) is 43.9 Å². The third kappa shape index (κ3) is 2.91. The van der Waals surface area contributed by atoms with Crippen molar-refractivity contribution in [3.8, 4) is 0 Å². The number of nitrogen functional groups attached to an aromatic ring is 1. The summed E-state index contributed by atoms with van der Waals surface area (Å²) in [6.45, 7) is 4.14. The first-order valence-electron chi connectivity index (χ1n) is 7.24. The van der Waals surface area contributed by atoms with Crippen molar-refractivity contribution in [2.24, 2.45) is 5.41 Å². The van der Waals surface area contributed by atoms with Crippen molar-refractivity contribution in [2.45, 2.75) is 52.0 Å². The van der Waals surface area contributed by atoms with E-state index in [4.69, 9.17) is 5.73 Å². The fourth-order valence-electron chi connectivity index (χ4n) is 3.05. The molecule has 3 N–H and O–H groups in total. The first-order chi connectivity index (χ1) is 9.07. The lowest BCUT2D eigenvalue weighted by Gasteiger charge is -2.28. The number of hydrogen-bond acceptors (Lipinski definition) is 2. The zero-order valence-corrected chi connectivity index (χ0v) is 11.9. The van der Waals surface area contributed by atoms with Crippen molar-refractivity contribution in [3.63, 3.8) is 0 Å². The van der Waals surface area contributed by atoms with Crippen LogP contribution in [0.1, 0.15) is 57.6 Å². The first kappa shape index (κ1) is 13.9. The third-order valence-electron chi connectivity index (χ3n) is 4.48. The molecule has 1 aliphatic carbocycles. The molecule has 19 heavy (non-hydrogen) atoms. The Labute approximate surface area is 115 Å². The largest absolute Gasteiger partial charge is 0.399 e. The Kier molecular flexibility index (Phi) is 4.13. The van der Waals surface area contributed by atoms with Gasteiger partial charge in [0, 0.05) is 11.1 Å². The number of nitrogens with one attached hydrogen (secondary N) is 1. The quantitative estimate of drug-likeness (QED) is 0.815. The van der Waals surface area contributed by atoms with Crippen LogP contribution in [0.15, 0.2) is 24.3 Å². The van der Waals surface area contributed by atoms with Crippen LogP contribution in [0.5, 0.6) is 0 Å². The van der Waals surface area contributed by atoms with Crippen molar-refractivity contribution in [3.05, 3.63) is 29.8 Å².